The van der Waals surface area contributed by atoms with Crippen molar-refractivity contribution in [2.75, 3.05) is 16.0 Å². The summed E-state index contributed by atoms with van der Waals surface area (Å²) in [6, 6.07) is 4.82. The molecule has 0 unspecified atom stereocenters. The summed E-state index contributed by atoms with van der Waals surface area (Å²) in [5, 5.41) is 14.4. The van der Waals surface area contributed by atoms with E-state index in [0.717, 1.165) is 50.3 Å². The predicted molar refractivity (Wildman–Crippen MR) is 144 cm³/mol. The van der Waals surface area contributed by atoms with Crippen molar-refractivity contribution in [3.05, 3.63) is 42.2 Å². The second-order valence-electron chi connectivity index (χ2n) is 10.9. The summed E-state index contributed by atoms with van der Waals surface area (Å²) in [5.41, 5.74) is 7.95. The van der Waals surface area contributed by atoms with E-state index in [1.54, 1.807) is 0 Å². The smallest absolute Gasteiger partial charge is 0.276 e. The maximum Gasteiger partial charge on any atom is 0.276 e. The Morgan fingerprint density at radius 2 is 1.79 bits per heavy atom. The summed E-state index contributed by atoms with van der Waals surface area (Å²) in [5.74, 6) is 0.179. The van der Waals surface area contributed by atoms with Crippen molar-refractivity contribution in [3.8, 4) is 0 Å². The lowest BCUT2D eigenvalue weighted by Crippen LogP contribution is -2.37. The largest absolute Gasteiger partial charge is 0.379 e. The van der Waals surface area contributed by atoms with Crippen LogP contribution in [0.2, 0.25) is 0 Å². The van der Waals surface area contributed by atoms with Crippen molar-refractivity contribution in [1.82, 2.24) is 19.6 Å². The van der Waals surface area contributed by atoms with Crippen LogP contribution in [0.5, 0.6) is 0 Å². The van der Waals surface area contributed by atoms with Gasteiger partial charge in [-0.15, -0.1) is 5.10 Å². The molecule has 10 nitrogen and oxygen atoms in total. The Labute approximate surface area is 221 Å². The van der Waals surface area contributed by atoms with Gasteiger partial charge in [-0.3, -0.25) is 9.59 Å². The van der Waals surface area contributed by atoms with Gasteiger partial charge in [-0.05, 0) is 56.4 Å². The number of Topliss-reactive ketones (excluding diaryl/α,β-unsaturated/α-hetero) is 1. The molecule has 2 saturated carbocycles. The number of ketones is 1. The molecule has 202 valence electrons. The lowest BCUT2D eigenvalue weighted by molar-refractivity contribution is -0.122. The van der Waals surface area contributed by atoms with Gasteiger partial charge in [0.2, 0.25) is 5.95 Å². The number of hydrogen-bond donors (Lipinski definition) is 4. The molecule has 0 aromatic carbocycles. The van der Waals surface area contributed by atoms with Crippen molar-refractivity contribution in [2.24, 2.45) is 17.6 Å². The summed E-state index contributed by atoms with van der Waals surface area (Å²) in [6.45, 7) is 3.96. The number of pyridine rings is 1. The predicted octanol–water partition coefficient (Wildman–Crippen LogP) is 4.00. The molecule has 0 spiro atoms. The van der Waals surface area contributed by atoms with Gasteiger partial charge in [0.1, 0.15) is 11.6 Å². The van der Waals surface area contributed by atoms with Crippen molar-refractivity contribution < 1.29 is 14.0 Å². The highest BCUT2D eigenvalue weighted by Crippen LogP contribution is 2.32. The molecule has 3 aromatic heterocycles. The minimum Gasteiger partial charge on any atom is -0.379 e. The fraction of sp³-hybridized carbons (Fsp3) is 0.519. The minimum atomic E-state index is -0.677. The number of amides is 1. The van der Waals surface area contributed by atoms with Crippen LogP contribution in [0.15, 0.2) is 30.6 Å². The van der Waals surface area contributed by atoms with Gasteiger partial charge in [-0.1, -0.05) is 13.8 Å². The number of nitrogens with one attached hydrogen (secondary N) is 3. The van der Waals surface area contributed by atoms with E-state index < -0.39 is 17.9 Å². The molecule has 0 saturated heterocycles. The van der Waals surface area contributed by atoms with Crippen LogP contribution in [0.1, 0.15) is 69.3 Å². The second-order valence-corrected chi connectivity index (χ2v) is 10.9. The highest BCUT2D eigenvalue weighted by Gasteiger charge is 2.28. The average molecular weight is 523 g/mol. The van der Waals surface area contributed by atoms with E-state index in [1.165, 1.54) is 23.0 Å². The van der Waals surface area contributed by atoms with Crippen molar-refractivity contribution in [1.29, 1.82) is 0 Å². The van der Waals surface area contributed by atoms with Crippen LogP contribution in [0, 0.1) is 17.8 Å². The van der Waals surface area contributed by atoms with E-state index in [1.807, 2.05) is 19.9 Å². The quantitative estimate of drug-likeness (QED) is 0.293. The molecule has 5 rings (SSSR count). The van der Waals surface area contributed by atoms with E-state index >= 15 is 0 Å². The molecule has 1 amide bonds. The van der Waals surface area contributed by atoms with Gasteiger partial charge in [0.25, 0.3) is 5.91 Å². The molecule has 3 aromatic rings. The molecule has 2 aliphatic carbocycles. The Balaban J connectivity index is 1.30. The van der Waals surface area contributed by atoms with E-state index in [0.29, 0.717) is 35.5 Å². The first-order valence-corrected chi connectivity index (χ1v) is 13.4. The monoisotopic (exact) mass is 522 g/mol. The van der Waals surface area contributed by atoms with Crippen LogP contribution in [0.3, 0.4) is 0 Å². The SMILES string of the molecule is CC(C)[C@H](N)C(=O)CC1CCC(Nc2cc(NC3CC3)c3ncc(C(=O)Nc4ccnc(F)c4)n3n2)CC1. The fourth-order valence-corrected chi connectivity index (χ4v) is 4.94. The molecule has 1 atom stereocenters. The van der Waals surface area contributed by atoms with Gasteiger partial charge in [0.15, 0.2) is 11.3 Å². The van der Waals surface area contributed by atoms with Crippen LogP contribution >= 0.6 is 0 Å². The number of nitrogens with two attached hydrogens (primary N) is 1. The zero-order valence-electron chi connectivity index (χ0n) is 21.8. The van der Waals surface area contributed by atoms with E-state index in [-0.39, 0.29) is 23.4 Å². The third-order valence-electron chi connectivity index (χ3n) is 7.40. The van der Waals surface area contributed by atoms with Crippen molar-refractivity contribution in [3.63, 3.8) is 0 Å². The summed E-state index contributed by atoms with van der Waals surface area (Å²) < 4.78 is 15.0. The Bertz CT molecular complexity index is 1310. The zero-order valence-corrected chi connectivity index (χ0v) is 21.8. The number of nitrogens with zero attached hydrogens (tertiary/aromatic N) is 4. The number of carbonyl (C=O) groups excluding carboxylic acids is 2. The number of hydrogen-bond acceptors (Lipinski definition) is 8. The van der Waals surface area contributed by atoms with E-state index in [9.17, 15) is 14.0 Å². The molecule has 2 aliphatic rings. The number of halogens is 1. The molecule has 3 heterocycles. The number of anilines is 3. The van der Waals surface area contributed by atoms with Crippen molar-refractivity contribution in [2.45, 2.75) is 76.9 Å². The number of carbonyl (C=O) groups is 2. The molecule has 38 heavy (non-hydrogen) atoms. The number of imidazole rings is 1. The molecule has 2 fully saturated rings. The number of fused-ring (bicyclic) bond motifs is 1. The molecular weight excluding hydrogens is 487 g/mol. The topological polar surface area (TPSA) is 139 Å². The molecular formula is C27H35FN8O2. The lowest BCUT2D eigenvalue weighted by Gasteiger charge is -2.30. The third kappa shape index (κ3) is 6.09. The van der Waals surface area contributed by atoms with Crippen LogP contribution in [0.4, 0.5) is 21.6 Å². The lowest BCUT2D eigenvalue weighted by atomic mass is 9.81. The van der Waals surface area contributed by atoms with Gasteiger partial charge < -0.3 is 21.7 Å². The third-order valence-corrected chi connectivity index (χ3v) is 7.40. The van der Waals surface area contributed by atoms with Gasteiger partial charge in [0.05, 0.1) is 17.9 Å². The summed E-state index contributed by atoms with van der Waals surface area (Å²) in [7, 11) is 0. The first-order valence-electron chi connectivity index (χ1n) is 13.4. The molecule has 11 heteroatoms. The van der Waals surface area contributed by atoms with Gasteiger partial charge in [-0.2, -0.15) is 4.39 Å². The Morgan fingerprint density at radius 1 is 1.08 bits per heavy atom. The Kier molecular flexibility index (Phi) is 7.55. The highest BCUT2D eigenvalue weighted by molar-refractivity contribution is 6.03. The molecule has 0 aliphatic heterocycles. The summed E-state index contributed by atoms with van der Waals surface area (Å²) >= 11 is 0. The van der Waals surface area contributed by atoms with Crippen LogP contribution in [-0.4, -0.2) is 49.4 Å². The van der Waals surface area contributed by atoms with Crippen LogP contribution in [-0.2, 0) is 4.79 Å². The maximum atomic E-state index is 13.5. The number of rotatable bonds is 10. The molecule has 0 bridgehead atoms. The molecule has 0 radical (unpaired) electrons. The first kappa shape index (κ1) is 26.0. The Hall–Kier alpha value is -3.60. The zero-order chi connectivity index (χ0) is 26.8. The average Bonchev–Trinajstić information content (AvgIpc) is 3.59. The van der Waals surface area contributed by atoms with Gasteiger partial charge in [0, 0.05) is 42.5 Å². The summed E-state index contributed by atoms with van der Waals surface area (Å²) in [6.07, 6.45) is 9.22. The first-order chi connectivity index (χ1) is 18.3. The maximum absolute atomic E-state index is 13.5. The normalized spacial score (nSPS) is 20.3. The minimum absolute atomic E-state index is 0.153. The van der Waals surface area contributed by atoms with E-state index in [2.05, 4.69) is 25.9 Å². The van der Waals surface area contributed by atoms with Crippen LogP contribution < -0.4 is 21.7 Å². The van der Waals surface area contributed by atoms with Gasteiger partial charge in [-0.25, -0.2) is 14.5 Å². The summed E-state index contributed by atoms with van der Waals surface area (Å²) in [4.78, 5) is 33.5. The molecule has 5 N–H and O–H groups in total. The highest BCUT2D eigenvalue weighted by atomic mass is 19.1. The van der Waals surface area contributed by atoms with Crippen LogP contribution in [0.25, 0.3) is 5.65 Å². The van der Waals surface area contributed by atoms with Gasteiger partial charge >= 0.3 is 0 Å². The Morgan fingerprint density at radius 3 is 2.47 bits per heavy atom. The standard InChI is InChI=1S/C27H35FN8O2/c1-15(2)25(29)22(37)11-16-3-5-18(6-4-16)33-24-13-20(32-17-7-8-17)26-31-14-21(36(26)35-24)27(38)34-19-9-10-30-23(28)12-19/h9-10,12-18,25,32H,3-8,11,29H2,1-2H3,(H,33,35)(H,30,34,38)/t16?,18?,25-/m0/s1. The second kappa shape index (κ2) is 11.0. The van der Waals surface area contributed by atoms with E-state index in [4.69, 9.17) is 10.8 Å². The fourth-order valence-electron chi connectivity index (χ4n) is 4.94. The number of aromatic nitrogens is 4. The van der Waals surface area contributed by atoms with Crippen molar-refractivity contribution >= 4 is 34.5 Å².